The second kappa shape index (κ2) is 13.3. The fourth-order valence-corrected chi connectivity index (χ4v) is 3.80. The third-order valence-corrected chi connectivity index (χ3v) is 5.99. The van der Waals surface area contributed by atoms with Gasteiger partial charge in [0.2, 0.25) is 5.91 Å². The Morgan fingerprint density at radius 3 is 2.57 bits per heavy atom. The van der Waals surface area contributed by atoms with Gasteiger partial charge in [0.1, 0.15) is 12.4 Å². The number of benzene rings is 2. The van der Waals surface area contributed by atoms with E-state index >= 15 is 0 Å². The molecule has 10 heteroatoms. The molecule has 3 aromatic rings. The van der Waals surface area contributed by atoms with Gasteiger partial charge in [0, 0.05) is 31.5 Å². The summed E-state index contributed by atoms with van der Waals surface area (Å²) in [6.45, 7) is -0.142. The van der Waals surface area contributed by atoms with Crippen molar-refractivity contribution >= 4 is 34.6 Å². The van der Waals surface area contributed by atoms with Gasteiger partial charge in [-0.15, -0.1) is 0 Å². The van der Waals surface area contributed by atoms with E-state index in [-0.39, 0.29) is 37.3 Å². The third-order valence-electron chi connectivity index (χ3n) is 5.99. The topological polar surface area (TPSA) is 97.8 Å². The number of hydrogen-bond acceptors (Lipinski definition) is 6. The van der Waals surface area contributed by atoms with Crippen molar-refractivity contribution in [2.24, 2.45) is 0 Å². The number of hydrogen-bond donors (Lipinski definition) is 1. The van der Waals surface area contributed by atoms with Gasteiger partial charge in [-0.3, -0.25) is 14.9 Å². The Balaban J connectivity index is 1.60. The summed E-state index contributed by atoms with van der Waals surface area (Å²) >= 11 is 0. The van der Waals surface area contributed by atoms with E-state index in [1.165, 1.54) is 24.1 Å². The number of esters is 1. The van der Waals surface area contributed by atoms with E-state index in [1.807, 2.05) is 24.3 Å². The van der Waals surface area contributed by atoms with Gasteiger partial charge in [-0.25, -0.2) is 18.6 Å². The summed E-state index contributed by atoms with van der Waals surface area (Å²) in [6, 6.07) is 12.5. The van der Waals surface area contributed by atoms with Crippen LogP contribution in [-0.4, -0.2) is 54.7 Å². The number of likely N-dealkylation sites (N-methyl/N-ethyl adjacent to an activating group) is 1. The minimum absolute atomic E-state index is 0.0105. The first-order valence-corrected chi connectivity index (χ1v) is 11.8. The van der Waals surface area contributed by atoms with Crippen LogP contribution < -0.4 is 5.32 Å². The molecule has 0 aliphatic rings. The summed E-state index contributed by atoms with van der Waals surface area (Å²) in [5.41, 5.74) is 0.0995. The Morgan fingerprint density at radius 1 is 1.05 bits per heavy atom. The van der Waals surface area contributed by atoms with Crippen LogP contribution in [0.3, 0.4) is 0 Å². The largest absolute Gasteiger partial charge is 0.469 e. The van der Waals surface area contributed by atoms with Crippen molar-refractivity contribution in [1.29, 1.82) is 0 Å². The van der Waals surface area contributed by atoms with Crippen LogP contribution in [0.2, 0.25) is 0 Å². The molecule has 1 heterocycles. The highest BCUT2D eigenvalue weighted by molar-refractivity contribution is 5.89. The molecule has 0 saturated carbocycles. The van der Waals surface area contributed by atoms with Crippen LogP contribution in [0.5, 0.6) is 0 Å². The van der Waals surface area contributed by atoms with E-state index in [9.17, 15) is 23.2 Å². The second-order valence-corrected chi connectivity index (χ2v) is 8.48. The number of nitrogens with zero attached hydrogens (tertiary/aromatic N) is 2. The van der Waals surface area contributed by atoms with E-state index in [0.717, 1.165) is 16.8 Å². The number of halogens is 2. The van der Waals surface area contributed by atoms with E-state index in [2.05, 4.69) is 15.0 Å². The number of amides is 2. The molecule has 2 aromatic carbocycles. The van der Waals surface area contributed by atoms with Gasteiger partial charge in [0.05, 0.1) is 13.2 Å². The number of fused-ring (bicyclic) bond motifs is 1. The minimum Gasteiger partial charge on any atom is -0.469 e. The van der Waals surface area contributed by atoms with Gasteiger partial charge in [-0.05, 0) is 42.3 Å². The summed E-state index contributed by atoms with van der Waals surface area (Å²) in [4.78, 5) is 42.3. The van der Waals surface area contributed by atoms with Crippen LogP contribution in [0.4, 0.5) is 19.4 Å². The number of methoxy groups -OCH3 is 1. The number of aryl methyl sites for hydroxylation is 1. The first-order chi connectivity index (χ1) is 17.8. The third kappa shape index (κ3) is 7.96. The number of anilines is 1. The van der Waals surface area contributed by atoms with Crippen LogP contribution in [0.15, 0.2) is 54.7 Å². The molecule has 0 radical (unpaired) electrons. The van der Waals surface area contributed by atoms with E-state index in [1.54, 1.807) is 19.3 Å². The fraction of sp³-hybridized carbons (Fsp3) is 0.333. The SMILES string of the molecule is COC(=O)CCC[C@@H](COC(=O)Nc1cc2ccccc2cn1)N(C)C(=O)CCc1cccc(F)c1F. The van der Waals surface area contributed by atoms with Crippen LogP contribution >= 0.6 is 0 Å². The lowest BCUT2D eigenvalue weighted by Gasteiger charge is -2.28. The van der Waals surface area contributed by atoms with Gasteiger partial charge in [-0.1, -0.05) is 36.4 Å². The Morgan fingerprint density at radius 2 is 1.81 bits per heavy atom. The van der Waals surface area contributed by atoms with Gasteiger partial charge in [0.15, 0.2) is 11.6 Å². The van der Waals surface area contributed by atoms with Crippen LogP contribution in [0.25, 0.3) is 10.8 Å². The first-order valence-electron chi connectivity index (χ1n) is 11.8. The average molecular weight is 514 g/mol. The minimum atomic E-state index is -0.977. The molecule has 0 aliphatic heterocycles. The Bertz CT molecular complexity index is 1250. The zero-order chi connectivity index (χ0) is 26.8. The van der Waals surface area contributed by atoms with Gasteiger partial charge in [-0.2, -0.15) is 0 Å². The molecule has 1 aromatic heterocycles. The van der Waals surface area contributed by atoms with Crippen molar-refractivity contribution in [3.8, 4) is 0 Å². The number of rotatable bonds is 11. The summed E-state index contributed by atoms with van der Waals surface area (Å²) < 4.78 is 37.4. The summed E-state index contributed by atoms with van der Waals surface area (Å²) in [6.07, 6.45) is 1.71. The quantitative estimate of drug-likeness (QED) is 0.368. The van der Waals surface area contributed by atoms with Crippen molar-refractivity contribution in [2.45, 2.75) is 38.1 Å². The monoisotopic (exact) mass is 513 g/mol. The van der Waals surface area contributed by atoms with Crippen molar-refractivity contribution < 1.29 is 32.6 Å². The Labute approximate surface area is 213 Å². The molecule has 2 amide bonds. The molecule has 8 nitrogen and oxygen atoms in total. The highest BCUT2D eigenvalue weighted by Crippen LogP contribution is 2.18. The molecule has 0 fully saturated rings. The van der Waals surface area contributed by atoms with Gasteiger partial charge in [0.25, 0.3) is 0 Å². The molecule has 0 bridgehead atoms. The summed E-state index contributed by atoms with van der Waals surface area (Å²) in [5.74, 6) is -2.37. The molecular weight excluding hydrogens is 484 g/mol. The normalized spacial score (nSPS) is 11.6. The van der Waals surface area contributed by atoms with E-state index in [4.69, 9.17) is 4.74 Å². The average Bonchev–Trinajstić information content (AvgIpc) is 2.90. The van der Waals surface area contributed by atoms with Crippen LogP contribution in [0, 0.1) is 11.6 Å². The van der Waals surface area contributed by atoms with Gasteiger partial charge < -0.3 is 14.4 Å². The molecule has 0 aliphatic carbocycles. The maximum absolute atomic E-state index is 13.9. The predicted octanol–water partition coefficient (Wildman–Crippen LogP) is 4.86. The molecule has 0 unspecified atom stereocenters. The van der Waals surface area contributed by atoms with Gasteiger partial charge >= 0.3 is 12.1 Å². The molecule has 37 heavy (non-hydrogen) atoms. The zero-order valence-corrected chi connectivity index (χ0v) is 20.7. The lowest BCUT2D eigenvalue weighted by molar-refractivity contribution is -0.140. The Hall–Kier alpha value is -4.08. The highest BCUT2D eigenvalue weighted by atomic mass is 19.2. The molecular formula is C27H29F2N3O5. The number of nitrogens with one attached hydrogen (secondary N) is 1. The highest BCUT2D eigenvalue weighted by Gasteiger charge is 2.23. The zero-order valence-electron chi connectivity index (χ0n) is 20.7. The van der Waals surface area contributed by atoms with Crippen molar-refractivity contribution in [3.63, 3.8) is 0 Å². The van der Waals surface area contributed by atoms with Crippen molar-refractivity contribution in [3.05, 3.63) is 71.9 Å². The van der Waals surface area contributed by atoms with Crippen molar-refractivity contribution in [2.75, 3.05) is 26.1 Å². The molecule has 0 saturated heterocycles. The molecule has 196 valence electrons. The predicted molar refractivity (Wildman–Crippen MR) is 134 cm³/mol. The molecule has 0 spiro atoms. The standard InChI is InChI=1S/C27H29F2N3O5/c1-32(24(33)14-13-18-9-5-11-22(28)26(18)29)21(10-6-12-25(34)36-2)17-37-27(35)31-23-15-19-7-3-4-8-20(19)16-30-23/h3-5,7-9,11,15-16,21H,6,10,12-14,17H2,1-2H3,(H,30,31,35)/t21-/m0/s1. The van der Waals surface area contributed by atoms with E-state index in [0.29, 0.717) is 18.7 Å². The number of aromatic nitrogens is 1. The second-order valence-electron chi connectivity index (χ2n) is 8.48. The molecule has 3 rings (SSSR count). The fourth-order valence-electron chi connectivity index (χ4n) is 3.80. The maximum atomic E-state index is 13.9. The maximum Gasteiger partial charge on any atom is 0.412 e. The first kappa shape index (κ1) is 27.5. The lowest BCUT2D eigenvalue weighted by Crippen LogP contribution is -2.41. The van der Waals surface area contributed by atoms with Crippen LogP contribution in [-0.2, 0) is 25.5 Å². The lowest BCUT2D eigenvalue weighted by atomic mass is 10.1. The number of carbonyl (C=O) groups is 3. The van der Waals surface area contributed by atoms with E-state index < -0.39 is 29.7 Å². The molecule has 1 atom stereocenters. The molecule has 1 N–H and O–H groups in total. The van der Waals surface area contributed by atoms with Crippen molar-refractivity contribution in [1.82, 2.24) is 9.88 Å². The number of ether oxygens (including phenoxy) is 2. The number of carbonyl (C=O) groups excluding carboxylic acids is 3. The number of pyridine rings is 1. The smallest absolute Gasteiger partial charge is 0.412 e. The summed E-state index contributed by atoms with van der Waals surface area (Å²) in [5, 5.41) is 4.39. The van der Waals surface area contributed by atoms with Crippen LogP contribution in [0.1, 0.15) is 31.2 Å². The summed E-state index contributed by atoms with van der Waals surface area (Å²) in [7, 11) is 2.83. The Kier molecular flexibility index (Phi) is 9.88.